The number of aryl methyl sites for hydroxylation is 3. The Morgan fingerprint density at radius 2 is 1.63 bits per heavy atom. The Hall–Kier alpha value is -3.51. The molecule has 0 fully saturated rings. The van der Waals surface area contributed by atoms with E-state index in [0.717, 1.165) is 16.7 Å². The first-order chi connectivity index (χ1) is 17.9. The van der Waals surface area contributed by atoms with Gasteiger partial charge in [-0.05, 0) is 82.2 Å². The second kappa shape index (κ2) is 13.9. The molecule has 2 aromatic carbocycles. The lowest BCUT2D eigenvalue weighted by molar-refractivity contribution is -0.140. The molecule has 0 bridgehead atoms. The van der Waals surface area contributed by atoms with E-state index in [1.54, 1.807) is 32.9 Å². The van der Waals surface area contributed by atoms with Crippen LogP contribution in [0.4, 0.5) is 10.5 Å². The zero-order chi connectivity index (χ0) is 28.5. The molecule has 0 saturated heterocycles. The van der Waals surface area contributed by atoms with Crippen LogP contribution in [0.3, 0.4) is 0 Å². The van der Waals surface area contributed by atoms with Crippen molar-refractivity contribution in [1.29, 1.82) is 5.26 Å². The summed E-state index contributed by atoms with van der Waals surface area (Å²) in [4.78, 5) is 41.7. The quantitative estimate of drug-likeness (QED) is 0.398. The SMILES string of the molecule is CSCCC(NC(=O)OC(C)(C)C)C(=O)N(CC#N)C(C(=O)Nc1c(C)cccc1C)c1ccccc1C. The second-order valence-corrected chi connectivity index (χ2v) is 11.1. The number of carbonyl (C=O) groups excluding carboxylic acids is 3. The molecule has 2 rings (SSSR count). The predicted molar refractivity (Wildman–Crippen MR) is 152 cm³/mol. The molecule has 3 amide bonds. The maximum atomic E-state index is 14.0. The first-order valence-electron chi connectivity index (χ1n) is 12.5. The summed E-state index contributed by atoms with van der Waals surface area (Å²) in [5.41, 5.74) is 3.06. The summed E-state index contributed by atoms with van der Waals surface area (Å²) in [5.74, 6) is -0.395. The van der Waals surface area contributed by atoms with Crippen LogP contribution < -0.4 is 10.6 Å². The van der Waals surface area contributed by atoms with Crippen molar-refractivity contribution in [2.24, 2.45) is 0 Å². The summed E-state index contributed by atoms with van der Waals surface area (Å²) in [7, 11) is 0. The summed E-state index contributed by atoms with van der Waals surface area (Å²) in [6.45, 7) is 10.5. The van der Waals surface area contributed by atoms with Gasteiger partial charge in [-0.25, -0.2) is 4.79 Å². The van der Waals surface area contributed by atoms with E-state index < -0.39 is 35.6 Å². The fourth-order valence-electron chi connectivity index (χ4n) is 4.06. The van der Waals surface area contributed by atoms with Crippen molar-refractivity contribution < 1.29 is 19.1 Å². The number of nitrogens with zero attached hydrogens (tertiary/aromatic N) is 2. The maximum absolute atomic E-state index is 14.0. The molecule has 2 atom stereocenters. The zero-order valence-electron chi connectivity index (χ0n) is 23.3. The zero-order valence-corrected chi connectivity index (χ0v) is 24.1. The molecule has 0 saturated carbocycles. The minimum absolute atomic E-state index is 0.306. The van der Waals surface area contributed by atoms with Crippen LogP contribution >= 0.6 is 11.8 Å². The summed E-state index contributed by atoms with van der Waals surface area (Å²) in [6.07, 6.45) is 1.47. The van der Waals surface area contributed by atoms with Crippen molar-refractivity contribution in [2.75, 3.05) is 23.9 Å². The average molecular weight is 539 g/mol. The van der Waals surface area contributed by atoms with Crippen molar-refractivity contribution in [3.63, 3.8) is 0 Å². The van der Waals surface area contributed by atoms with E-state index in [1.165, 1.54) is 16.7 Å². The van der Waals surface area contributed by atoms with E-state index in [-0.39, 0.29) is 6.54 Å². The molecule has 2 unspecified atom stereocenters. The van der Waals surface area contributed by atoms with E-state index >= 15 is 0 Å². The lowest BCUT2D eigenvalue weighted by Crippen LogP contribution is -2.52. The molecule has 0 radical (unpaired) electrons. The van der Waals surface area contributed by atoms with Crippen LogP contribution in [0.15, 0.2) is 42.5 Å². The normalized spacial score (nSPS) is 12.6. The van der Waals surface area contributed by atoms with E-state index in [1.807, 2.05) is 63.4 Å². The number of benzene rings is 2. The number of para-hydroxylation sites is 1. The van der Waals surface area contributed by atoms with E-state index in [4.69, 9.17) is 4.74 Å². The number of anilines is 1. The number of thioether (sulfide) groups is 1. The molecule has 0 aliphatic heterocycles. The van der Waals surface area contributed by atoms with Crippen molar-refractivity contribution in [3.8, 4) is 6.07 Å². The van der Waals surface area contributed by atoms with Gasteiger partial charge < -0.3 is 20.3 Å². The number of nitrogens with one attached hydrogen (secondary N) is 2. The summed E-state index contributed by atoms with van der Waals surface area (Å²) in [6, 6.07) is 12.9. The van der Waals surface area contributed by atoms with Crippen LogP contribution in [0, 0.1) is 32.1 Å². The summed E-state index contributed by atoms with van der Waals surface area (Å²) >= 11 is 1.52. The number of ether oxygens (including phenoxy) is 1. The molecular formula is C29H38N4O4S. The number of nitriles is 1. The van der Waals surface area contributed by atoms with Gasteiger partial charge in [-0.1, -0.05) is 42.5 Å². The third-order valence-electron chi connectivity index (χ3n) is 5.90. The van der Waals surface area contributed by atoms with Gasteiger partial charge in [0.1, 0.15) is 24.2 Å². The standard InChI is InChI=1S/C29H38N4O4S/c1-19-11-8-9-14-22(19)25(26(34)32-24-20(2)12-10-13-21(24)3)33(17-16-30)27(35)23(15-18-38-7)31-28(36)37-29(4,5)6/h8-14,23,25H,15,17-18H2,1-7H3,(H,31,36)(H,32,34). The Kier molecular flexibility index (Phi) is 11.2. The minimum atomic E-state index is -1.10. The Bertz CT molecular complexity index is 1170. The number of alkyl carbamates (subject to hydrolysis) is 1. The van der Waals surface area contributed by atoms with Crippen molar-refractivity contribution in [1.82, 2.24) is 10.2 Å². The average Bonchev–Trinajstić information content (AvgIpc) is 2.83. The number of amides is 3. The highest BCUT2D eigenvalue weighted by atomic mass is 32.2. The Morgan fingerprint density at radius 3 is 2.18 bits per heavy atom. The molecular weight excluding hydrogens is 500 g/mol. The van der Waals surface area contributed by atoms with Crippen LogP contribution in [0.1, 0.15) is 55.5 Å². The highest BCUT2D eigenvalue weighted by Gasteiger charge is 2.37. The van der Waals surface area contributed by atoms with Gasteiger partial charge in [-0.2, -0.15) is 17.0 Å². The van der Waals surface area contributed by atoms with Crippen molar-refractivity contribution in [2.45, 2.75) is 65.6 Å². The fourth-order valence-corrected chi connectivity index (χ4v) is 4.53. The van der Waals surface area contributed by atoms with Crippen molar-refractivity contribution >= 4 is 35.4 Å². The Morgan fingerprint density at radius 1 is 1.03 bits per heavy atom. The van der Waals surface area contributed by atoms with E-state index in [2.05, 4.69) is 10.6 Å². The monoisotopic (exact) mass is 538 g/mol. The molecule has 8 nitrogen and oxygen atoms in total. The molecule has 204 valence electrons. The van der Waals surface area contributed by atoms with Gasteiger partial charge in [0.25, 0.3) is 5.91 Å². The van der Waals surface area contributed by atoms with Crippen LogP contribution in [-0.2, 0) is 14.3 Å². The van der Waals surface area contributed by atoms with Crippen LogP contribution in [0.25, 0.3) is 0 Å². The summed E-state index contributed by atoms with van der Waals surface area (Å²) in [5, 5.41) is 15.4. The first kappa shape index (κ1) is 30.7. The maximum Gasteiger partial charge on any atom is 0.408 e. The first-order valence-corrected chi connectivity index (χ1v) is 13.9. The van der Waals surface area contributed by atoms with Crippen LogP contribution in [-0.4, -0.2) is 53.0 Å². The largest absolute Gasteiger partial charge is 0.444 e. The number of hydrogen-bond donors (Lipinski definition) is 2. The smallest absolute Gasteiger partial charge is 0.408 e. The Labute approximate surface area is 230 Å². The highest BCUT2D eigenvalue weighted by Crippen LogP contribution is 2.29. The molecule has 0 aliphatic rings. The second-order valence-electron chi connectivity index (χ2n) is 10.1. The number of rotatable bonds is 10. The molecule has 38 heavy (non-hydrogen) atoms. The van der Waals surface area contributed by atoms with Crippen LogP contribution in [0.2, 0.25) is 0 Å². The third-order valence-corrected chi connectivity index (χ3v) is 6.54. The van der Waals surface area contributed by atoms with Gasteiger partial charge >= 0.3 is 6.09 Å². The van der Waals surface area contributed by atoms with Gasteiger partial charge in [0.05, 0.1) is 6.07 Å². The molecule has 2 N–H and O–H groups in total. The fraction of sp³-hybridized carbons (Fsp3) is 0.448. The van der Waals surface area contributed by atoms with Gasteiger partial charge in [0.15, 0.2) is 0 Å². The van der Waals surface area contributed by atoms with Gasteiger partial charge in [0, 0.05) is 5.69 Å². The molecule has 2 aromatic rings. The number of hydrogen-bond acceptors (Lipinski definition) is 6. The molecule has 9 heteroatoms. The van der Waals surface area contributed by atoms with Gasteiger partial charge in [-0.3, -0.25) is 9.59 Å². The van der Waals surface area contributed by atoms with Gasteiger partial charge in [0.2, 0.25) is 5.91 Å². The topological polar surface area (TPSA) is 112 Å². The lowest BCUT2D eigenvalue weighted by atomic mass is 9.97. The molecule has 0 aromatic heterocycles. The summed E-state index contributed by atoms with van der Waals surface area (Å²) < 4.78 is 5.38. The Balaban J connectivity index is 2.54. The predicted octanol–water partition coefficient (Wildman–Crippen LogP) is 5.29. The minimum Gasteiger partial charge on any atom is -0.444 e. The van der Waals surface area contributed by atoms with E-state index in [9.17, 15) is 19.6 Å². The molecule has 0 spiro atoms. The molecule has 0 aliphatic carbocycles. The van der Waals surface area contributed by atoms with Crippen LogP contribution in [0.5, 0.6) is 0 Å². The van der Waals surface area contributed by atoms with Gasteiger partial charge in [-0.15, -0.1) is 0 Å². The number of carbonyl (C=O) groups is 3. The molecule has 0 heterocycles. The third kappa shape index (κ3) is 8.52. The highest BCUT2D eigenvalue weighted by molar-refractivity contribution is 7.98. The lowest BCUT2D eigenvalue weighted by Gasteiger charge is -2.33. The van der Waals surface area contributed by atoms with E-state index in [0.29, 0.717) is 23.4 Å². The van der Waals surface area contributed by atoms with Crippen molar-refractivity contribution in [3.05, 3.63) is 64.7 Å².